The van der Waals surface area contributed by atoms with E-state index in [1.807, 2.05) is 41.8 Å². The van der Waals surface area contributed by atoms with Crippen LogP contribution in [-0.2, 0) is 19.4 Å². The Morgan fingerprint density at radius 3 is 2.70 bits per heavy atom. The second-order valence-corrected chi connectivity index (χ2v) is 7.04. The summed E-state index contributed by atoms with van der Waals surface area (Å²) >= 11 is 0. The number of amides is 1. The third kappa shape index (κ3) is 3.06. The molecule has 4 rings (SSSR count). The molecule has 2 aromatic carbocycles. The first-order valence-corrected chi connectivity index (χ1v) is 9.28. The number of nitrogens with zero attached hydrogens (tertiary/aromatic N) is 3. The number of carboxylic acid groups (broad SMARTS) is 1. The first-order chi connectivity index (χ1) is 13.1. The SMILES string of the molecule is C[C@H]1CCc2c(ccc3c2nc(Cc2ccccc2)n3CCO)N1C(=O)O. The minimum absolute atomic E-state index is 0.0304. The normalized spacial score (nSPS) is 16.5. The van der Waals surface area contributed by atoms with Gasteiger partial charge in [-0.25, -0.2) is 9.78 Å². The van der Waals surface area contributed by atoms with E-state index in [2.05, 4.69) is 12.1 Å². The Kier molecular flexibility index (Phi) is 4.58. The highest BCUT2D eigenvalue weighted by Gasteiger charge is 2.30. The minimum atomic E-state index is -0.929. The summed E-state index contributed by atoms with van der Waals surface area (Å²) in [5.74, 6) is 0.888. The summed E-state index contributed by atoms with van der Waals surface area (Å²) in [7, 11) is 0. The molecule has 1 aromatic heterocycles. The van der Waals surface area contributed by atoms with Gasteiger partial charge >= 0.3 is 6.09 Å². The number of fused-ring (bicyclic) bond motifs is 3. The van der Waals surface area contributed by atoms with Gasteiger partial charge in [0.05, 0.1) is 23.3 Å². The maximum absolute atomic E-state index is 11.7. The van der Waals surface area contributed by atoms with Crippen LogP contribution in [0.4, 0.5) is 10.5 Å². The number of aliphatic hydroxyl groups is 1. The first kappa shape index (κ1) is 17.5. The van der Waals surface area contributed by atoms with Crippen molar-refractivity contribution in [3.63, 3.8) is 0 Å². The molecule has 1 aliphatic rings. The highest BCUT2D eigenvalue weighted by atomic mass is 16.4. The van der Waals surface area contributed by atoms with Gasteiger partial charge in [-0.05, 0) is 37.5 Å². The summed E-state index contributed by atoms with van der Waals surface area (Å²) in [5, 5.41) is 19.2. The van der Waals surface area contributed by atoms with Crippen LogP contribution in [0.15, 0.2) is 42.5 Å². The van der Waals surface area contributed by atoms with Gasteiger partial charge < -0.3 is 14.8 Å². The smallest absolute Gasteiger partial charge is 0.412 e. The van der Waals surface area contributed by atoms with Crippen LogP contribution >= 0.6 is 0 Å². The summed E-state index contributed by atoms with van der Waals surface area (Å²) in [6.45, 7) is 2.44. The van der Waals surface area contributed by atoms with Gasteiger partial charge in [0, 0.05) is 24.6 Å². The van der Waals surface area contributed by atoms with E-state index in [9.17, 15) is 15.0 Å². The molecule has 0 fully saturated rings. The highest BCUT2D eigenvalue weighted by Crippen LogP contribution is 2.36. The van der Waals surface area contributed by atoms with E-state index in [4.69, 9.17) is 4.98 Å². The highest BCUT2D eigenvalue weighted by molar-refractivity contribution is 5.94. The van der Waals surface area contributed by atoms with Crippen LogP contribution in [0.5, 0.6) is 0 Å². The number of aromatic nitrogens is 2. The predicted molar refractivity (Wildman–Crippen MR) is 104 cm³/mol. The summed E-state index contributed by atoms with van der Waals surface area (Å²) in [5.41, 5.74) is 4.67. The summed E-state index contributed by atoms with van der Waals surface area (Å²) in [4.78, 5) is 18.1. The summed E-state index contributed by atoms with van der Waals surface area (Å²) in [6.07, 6.45) is 1.32. The predicted octanol–water partition coefficient (Wildman–Crippen LogP) is 3.44. The lowest BCUT2D eigenvalue weighted by Crippen LogP contribution is -2.41. The third-order valence-corrected chi connectivity index (χ3v) is 5.33. The minimum Gasteiger partial charge on any atom is -0.465 e. The van der Waals surface area contributed by atoms with Crippen molar-refractivity contribution in [3.05, 3.63) is 59.4 Å². The van der Waals surface area contributed by atoms with Gasteiger partial charge in [0.1, 0.15) is 5.82 Å². The molecule has 1 atom stereocenters. The molecule has 1 aliphatic heterocycles. The topological polar surface area (TPSA) is 78.6 Å². The van der Waals surface area contributed by atoms with Crippen LogP contribution in [0, 0.1) is 0 Å². The lowest BCUT2D eigenvalue weighted by Gasteiger charge is -2.33. The van der Waals surface area contributed by atoms with Crippen LogP contribution in [0.3, 0.4) is 0 Å². The number of carbonyl (C=O) groups is 1. The van der Waals surface area contributed by atoms with Crippen molar-refractivity contribution in [1.29, 1.82) is 0 Å². The molecule has 0 spiro atoms. The molecule has 0 unspecified atom stereocenters. The quantitative estimate of drug-likeness (QED) is 0.742. The molecular weight excluding hydrogens is 342 g/mol. The fraction of sp³-hybridized carbons (Fsp3) is 0.333. The van der Waals surface area contributed by atoms with Crippen LogP contribution < -0.4 is 4.90 Å². The third-order valence-electron chi connectivity index (χ3n) is 5.33. The molecule has 0 saturated heterocycles. The van der Waals surface area contributed by atoms with Gasteiger partial charge in [-0.15, -0.1) is 0 Å². The van der Waals surface area contributed by atoms with Gasteiger partial charge in [0.25, 0.3) is 0 Å². The first-order valence-electron chi connectivity index (χ1n) is 9.28. The van der Waals surface area contributed by atoms with Crippen molar-refractivity contribution in [1.82, 2.24) is 9.55 Å². The maximum Gasteiger partial charge on any atom is 0.412 e. The van der Waals surface area contributed by atoms with Gasteiger partial charge in [0.2, 0.25) is 0 Å². The van der Waals surface area contributed by atoms with E-state index in [0.29, 0.717) is 13.0 Å². The molecule has 0 saturated carbocycles. The Morgan fingerprint density at radius 2 is 2.00 bits per heavy atom. The number of hydrogen-bond donors (Lipinski definition) is 2. The zero-order valence-corrected chi connectivity index (χ0v) is 15.3. The molecule has 0 bridgehead atoms. The molecule has 3 aromatic rings. The van der Waals surface area contributed by atoms with Gasteiger partial charge in [-0.2, -0.15) is 0 Å². The fourth-order valence-electron chi connectivity index (χ4n) is 4.03. The number of anilines is 1. The van der Waals surface area contributed by atoms with E-state index in [1.165, 1.54) is 4.90 Å². The van der Waals surface area contributed by atoms with E-state index in [1.54, 1.807) is 0 Å². The number of imidazole rings is 1. The Hall–Kier alpha value is -2.86. The monoisotopic (exact) mass is 365 g/mol. The molecule has 6 heteroatoms. The number of benzene rings is 2. The maximum atomic E-state index is 11.7. The van der Waals surface area contributed by atoms with Crippen LogP contribution in [0.25, 0.3) is 11.0 Å². The van der Waals surface area contributed by atoms with Crippen molar-refractivity contribution in [2.75, 3.05) is 11.5 Å². The van der Waals surface area contributed by atoms with Gasteiger partial charge in [-0.1, -0.05) is 30.3 Å². The fourth-order valence-corrected chi connectivity index (χ4v) is 4.03. The largest absolute Gasteiger partial charge is 0.465 e. The Morgan fingerprint density at radius 1 is 1.22 bits per heavy atom. The van der Waals surface area contributed by atoms with Gasteiger partial charge in [-0.3, -0.25) is 4.90 Å². The Bertz CT molecular complexity index is 981. The van der Waals surface area contributed by atoms with Gasteiger partial charge in [0.15, 0.2) is 0 Å². The second-order valence-electron chi connectivity index (χ2n) is 7.04. The molecule has 0 aliphatic carbocycles. The second kappa shape index (κ2) is 7.04. The molecule has 1 amide bonds. The summed E-state index contributed by atoms with van der Waals surface area (Å²) < 4.78 is 2.05. The van der Waals surface area contributed by atoms with Crippen LogP contribution in [-0.4, -0.2) is 38.5 Å². The Labute approximate surface area is 157 Å². The molecule has 140 valence electrons. The van der Waals surface area contributed by atoms with Crippen molar-refractivity contribution in [2.24, 2.45) is 0 Å². The molecule has 2 heterocycles. The average Bonchev–Trinajstić information content (AvgIpc) is 3.00. The van der Waals surface area contributed by atoms with Crippen molar-refractivity contribution in [3.8, 4) is 0 Å². The number of aliphatic hydroxyl groups excluding tert-OH is 1. The average molecular weight is 365 g/mol. The van der Waals surface area contributed by atoms with Crippen LogP contribution in [0.1, 0.15) is 30.3 Å². The molecule has 0 radical (unpaired) electrons. The van der Waals surface area contributed by atoms with Crippen molar-refractivity contribution in [2.45, 2.75) is 38.8 Å². The summed E-state index contributed by atoms with van der Waals surface area (Å²) in [6, 6.07) is 13.9. The van der Waals surface area contributed by atoms with E-state index in [-0.39, 0.29) is 12.6 Å². The van der Waals surface area contributed by atoms with Crippen molar-refractivity contribution < 1.29 is 15.0 Å². The zero-order chi connectivity index (χ0) is 19.0. The molecular formula is C21H23N3O3. The van der Waals surface area contributed by atoms with E-state index < -0.39 is 6.09 Å². The zero-order valence-electron chi connectivity index (χ0n) is 15.3. The number of aryl methyl sites for hydroxylation is 1. The van der Waals surface area contributed by atoms with E-state index >= 15 is 0 Å². The number of hydrogen-bond acceptors (Lipinski definition) is 3. The standard InChI is InChI=1S/C21H23N3O3/c1-14-7-8-16-17(24(14)21(26)27)9-10-18-20(16)22-19(23(18)11-12-25)13-15-5-3-2-4-6-15/h2-6,9-10,14,25H,7-8,11-13H2,1H3,(H,26,27)/t14-/m0/s1. The lowest BCUT2D eigenvalue weighted by atomic mass is 9.96. The molecule has 2 N–H and O–H groups in total. The Balaban J connectivity index is 1.86. The lowest BCUT2D eigenvalue weighted by molar-refractivity contribution is 0.198. The van der Waals surface area contributed by atoms with Crippen LogP contribution in [0.2, 0.25) is 0 Å². The van der Waals surface area contributed by atoms with E-state index in [0.717, 1.165) is 46.5 Å². The number of rotatable bonds is 4. The van der Waals surface area contributed by atoms with Crippen molar-refractivity contribution >= 4 is 22.8 Å². The molecule has 27 heavy (non-hydrogen) atoms. The molecule has 6 nitrogen and oxygen atoms in total.